The van der Waals surface area contributed by atoms with Crippen LogP contribution in [-0.4, -0.2) is 29.9 Å². The lowest BCUT2D eigenvalue weighted by Crippen LogP contribution is -2.50. The first kappa shape index (κ1) is 15.8. The molecule has 2 atom stereocenters. The highest BCUT2D eigenvalue weighted by atomic mass is 35.5. The summed E-state index contributed by atoms with van der Waals surface area (Å²) in [5.41, 5.74) is 7.39. The summed E-state index contributed by atoms with van der Waals surface area (Å²) in [6, 6.07) is 2.12. The molecule has 0 radical (unpaired) electrons. The van der Waals surface area contributed by atoms with Crippen molar-refractivity contribution < 1.29 is 4.79 Å². The van der Waals surface area contributed by atoms with Crippen LogP contribution >= 0.6 is 22.9 Å². The Kier molecular flexibility index (Phi) is 5.47. The summed E-state index contributed by atoms with van der Waals surface area (Å²) >= 11 is 7.54. The lowest BCUT2D eigenvalue weighted by Gasteiger charge is -2.36. The Hall–Kier alpha value is -0.580. The molecule has 1 aliphatic heterocycles. The predicted octanol–water partition coefficient (Wildman–Crippen LogP) is 3.17. The van der Waals surface area contributed by atoms with Gasteiger partial charge in [0.15, 0.2) is 0 Å². The van der Waals surface area contributed by atoms with Crippen LogP contribution in [0.4, 0.5) is 0 Å². The molecule has 1 aromatic heterocycles. The van der Waals surface area contributed by atoms with Crippen molar-refractivity contribution in [1.82, 2.24) is 4.90 Å². The van der Waals surface area contributed by atoms with Crippen molar-refractivity contribution in [3.05, 3.63) is 21.3 Å². The van der Waals surface area contributed by atoms with Crippen LogP contribution in [0.1, 0.15) is 32.3 Å². The third-order valence-corrected chi connectivity index (χ3v) is 4.79. The summed E-state index contributed by atoms with van der Waals surface area (Å²) in [6.45, 7) is 5.68. The number of thiophene rings is 1. The van der Waals surface area contributed by atoms with Crippen molar-refractivity contribution in [3.8, 4) is 0 Å². The van der Waals surface area contributed by atoms with Crippen molar-refractivity contribution in [3.63, 3.8) is 0 Å². The van der Waals surface area contributed by atoms with Gasteiger partial charge in [-0.2, -0.15) is 0 Å². The topological polar surface area (TPSA) is 46.3 Å². The maximum absolute atomic E-state index is 12.2. The van der Waals surface area contributed by atoms with Crippen LogP contribution in [-0.2, 0) is 11.2 Å². The molecule has 1 aliphatic rings. The van der Waals surface area contributed by atoms with Gasteiger partial charge in [-0.1, -0.05) is 25.4 Å². The fraction of sp³-hybridized carbons (Fsp3) is 0.667. The molecule has 20 heavy (non-hydrogen) atoms. The van der Waals surface area contributed by atoms with Crippen LogP contribution in [0.3, 0.4) is 0 Å². The van der Waals surface area contributed by atoms with E-state index >= 15 is 0 Å². The second-order valence-electron chi connectivity index (χ2n) is 6.22. The smallest absolute Gasteiger partial charge is 0.222 e. The maximum atomic E-state index is 12.2. The molecule has 2 N–H and O–H groups in total. The molecule has 1 amide bonds. The number of piperidine rings is 1. The lowest BCUT2D eigenvalue weighted by molar-refractivity contribution is -0.134. The molecule has 0 bridgehead atoms. The van der Waals surface area contributed by atoms with E-state index in [1.54, 1.807) is 11.3 Å². The quantitative estimate of drug-likeness (QED) is 0.928. The normalized spacial score (nSPS) is 23.4. The van der Waals surface area contributed by atoms with E-state index in [4.69, 9.17) is 17.3 Å². The van der Waals surface area contributed by atoms with Crippen molar-refractivity contribution in [2.24, 2.45) is 17.6 Å². The van der Waals surface area contributed by atoms with E-state index in [9.17, 15) is 4.79 Å². The van der Waals surface area contributed by atoms with Gasteiger partial charge in [0.2, 0.25) is 5.91 Å². The minimum atomic E-state index is 0.0963. The summed E-state index contributed by atoms with van der Waals surface area (Å²) in [4.78, 5) is 14.2. The monoisotopic (exact) mass is 314 g/mol. The molecule has 112 valence electrons. The average Bonchev–Trinajstić information content (AvgIpc) is 2.73. The Morgan fingerprint density at radius 2 is 2.30 bits per heavy atom. The number of hydrogen-bond acceptors (Lipinski definition) is 3. The van der Waals surface area contributed by atoms with Gasteiger partial charge in [-0.25, -0.2) is 0 Å². The third kappa shape index (κ3) is 4.47. The summed E-state index contributed by atoms with van der Waals surface area (Å²) in [5.74, 6) is 1.08. The largest absolute Gasteiger partial charge is 0.341 e. The molecule has 1 aromatic rings. The van der Waals surface area contributed by atoms with Gasteiger partial charge in [0, 0.05) is 25.6 Å². The number of likely N-dealkylation sites (tertiary alicyclic amines) is 1. The van der Waals surface area contributed by atoms with Gasteiger partial charge in [-0.05, 0) is 41.7 Å². The van der Waals surface area contributed by atoms with Gasteiger partial charge >= 0.3 is 0 Å². The molecule has 0 aliphatic carbocycles. The molecule has 5 heteroatoms. The van der Waals surface area contributed by atoms with Crippen LogP contribution in [0.25, 0.3) is 0 Å². The van der Waals surface area contributed by atoms with E-state index in [1.165, 1.54) is 5.56 Å². The van der Waals surface area contributed by atoms with Crippen molar-refractivity contribution in [2.75, 3.05) is 13.1 Å². The molecule has 2 unspecified atom stereocenters. The molecular weight excluding hydrogens is 292 g/mol. The number of nitrogens with zero attached hydrogens (tertiary/aromatic N) is 1. The van der Waals surface area contributed by atoms with E-state index in [0.717, 1.165) is 23.7 Å². The number of amides is 1. The third-order valence-electron chi connectivity index (χ3n) is 3.65. The number of carbonyl (C=O) groups excluding carboxylic acids is 1. The number of nitrogens with two attached hydrogens (primary N) is 1. The first-order chi connectivity index (χ1) is 9.44. The van der Waals surface area contributed by atoms with Crippen LogP contribution in [0, 0.1) is 11.8 Å². The van der Waals surface area contributed by atoms with Crippen molar-refractivity contribution >= 4 is 28.8 Å². The SMILES string of the molecule is CC(C)CC(=O)N1CC(N)CC(Cc2csc(Cl)c2)C1. The van der Waals surface area contributed by atoms with Gasteiger partial charge in [-0.3, -0.25) is 4.79 Å². The Morgan fingerprint density at radius 3 is 2.90 bits per heavy atom. The molecule has 0 saturated carbocycles. The van der Waals surface area contributed by atoms with E-state index in [-0.39, 0.29) is 11.9 Å². The Bertz CT molecular complexity index is 460. The number of carbonyl (C=O) groups is 1. The predicted molar refractivity (Wildman–Crippen MR) is 85.2 cm³/mol. The van der Waals surface area contributed by atoms with Gasteiger partial charge in [0.05, 0.1) is 4.34 Å². The Labute approximate surface area is 130 Å². The maximum Gasteiger partial charge on any atom is 0.222 e. The minimum Gasteiger partial charge on any atom is -0.341 e. The lowest BCUT2D eigenvalue weighted by atomic mass is 9.89. The van der Waals surface area contributed by atoms with Gasteiger partial charge in [0.25, 0.3) is 0 Å². The number of rotatable bonds is 4. The van der Waals surface area contributed by atoms with Crippen LogP contribution < -0.4 is 5.73 Å². The first-order valence-electron chi connectivity index (χ1n) is 7.20. The average molecular weight is 315 g/mol. The van der Waals surface area contributed by atoms with Gasteiger partial charge in [-0.15, -0.1) is 11.3 Å². The molecule has 1 fully saturated rings. The zero-order chi connectivity index (χ0) is 14.7. The minimum absolute atomic E-state index is 0.0963. The van der Waals surface area contributed by atoms with Crippen LogP contribution in [0.15, 0.2) is 11.4 Å². The Morgan fingerprint density at radius 1 is 1.55 bits per heavy atom. The van der Waals surface area contributed by atoms with E-state index < -0.39 is 0 Å². The summed E-state index contributed by atoms with van der Waals surface area (Å²) in [5, 5.41) is 2.10. The molecule has 0 aromatic carbocycles. The zero-order valence-corrected chi connectivity index (χ0v) is 13.7. The second-order valence-corrected chi connectivity index (χ2v) is 7.76. The summed E-state index contributed by atoms with van der Waals surface area (Å²) < 4.78 is 0.827. The van der Waals surface area contributed by atoms with E-state index in [2.05, 4.69) is 19.2 Å². The van der Waals surface area contributed by atoms with Crippen molar-refractivity contribution in [1.29, 1.82) is 0 Å². The van der Waals surface area contributed by atoms with E-state index in [0.29, 0.717) is 24.8 Å². The highest BCUT2D eigenvalue weighted by molar-refractivity contribution is 7.14. The van der Waals surface area contributed by atoms with Crippen LogP contribution in [0.5, 0.6) is 0 Å². The molecule has 1 saturated heterocycles. The fourth-order valence-corrected chi connectivity index (χ4v) is 3.78. The Balaban J connectivity index is 1.95. The molecule has 0 spiro atoms. The molecule has 2 rings (SSSR count). The van der Waals surface area contributed by atoms with Crippen molar-refractivity contribution in [2.45, 2.75) is 39.2 Å². The number of halogens is 1. The second kappa shape index (κ2) is 6.92. The van der Waals surface area contributed by atoms with Gasteiger partial charge in [0.1, 0.15) is 0 Å². The summed E-state index contributed by atoms with van der Waals surface area (Å²) in [6.07, 6.45) is 2.56. The molecule has 2 heterocycles. The molecular formula is C15H23ClN2OS. The number of hydrogen-bond donors (Lipinski definition) is 1. The highest BCUT2D eigenvalue weighted by Gasteiger charge is 2.28. The zero-order valence-electron chi connectivity index (χ0n) is 12.1. The summed E-state index contributed by atoms with van der Waals surface area (Å²) in [7, 11) is 0. The van der Waals surface area contributed by atoms with Gasteiger partial charge < -0.3 is 10.6 Å². The highest BCUT2D eigenvalue weighted by Crippen LogP contribution is 2.26. The fourth-order valence-electron chi connectivity index (χ4n) is 2.86. The molecule has 3 nitrogen and oxygen atoms in total. The first-order valence-corrected chi connectivity index (χ1v) is 8.46. The van der Waals surface area contributed by atoms with E-state index in [1.807, 2.05) is 11.0 Å². The van der Waals surface area contributed by atoms with Crippen LogP contribution in [0.2, 0.25) is 4.34 Å². The standard InChI is InChI=1S/C15H23ClN2OS/c1-10(2)3-15(19)18-7-11(5-13(17)8-18)4-12-6-14(16)20-9-12/h6,9-11,13H,3-5,7-8,17H2,1-2H3.